The van der Waals surface area contributed by atoms with Crippen molar-refractivity contribution in [2.75, 3.05) is 18.9 Å². The average Bonchev–Trinajstić information content (AvgIpc) is 2.58. The minimum absolute atomic E-state index is 0.0507. The molecule has 5 heteroatoms. The molecule has 0 spiro atoms. The molecule has 2 aromatic rings. The number of benzene rings is 2. The Morgan fingerprint density at radius 1 is 1.18 bits per heavy atom. The quantitative estimate of drug-likeness (QED) is 0.631. The molecule has 0 heterocycles. The van der Waals surface area contributed by atoms with Crippen molar-refractivity contribution in [3.8, 4) is 11.8 Å². The van der Waals surface area contributed by atoms with E-state index in [1.165, 1.54) is 4.90 Å². The molecule has 1 N–H and O–H groups in total. The van der Waals surface area contributed by atoms with Crippen LogP contribution < -0.4 is 10.1 Å². The lowest BCUT2D eigenvalue weighted by atomic mass is 10.2. The maximum atomic E-state index is 11.7. The Labute approximate surface area is 134 Å². The molecule has 0 atom stereocenters. The number of carbonyl (C=O) groups excluding carboxylic acids is 1. The zero-order valence-electron chi connectivity index (χ0n) is 12.0. The Bertz CT molecular complexity index is 653. The van der Waals surface area contributed by atoms with E-state index in [0.717, 1.165) is 5.75 Å². The number of nitrogens with one attached hydrogen (secondary N) is 1. The standard InChI is InChI=1S/C17H16N2O2S/c18-12-14-5-4-6-15(11-14)21-13-17(20)19-9-10-22-16-7-2-1-3-8-16/h1-8,11H,9-10,13H2,(H,19,20). The van der Waals surface area contributed by atoms with Crippen LogP contribution in [0.4, 0.5) is 0 Å². The topological polar surface area (TPSA) is 62.1 Å². The molecule has 0 unspecified atom stereocenters. The van der Waals surface area contributed by atoms with E-state index in [1.807, 2.05) is 36.4 Å². The van der Waals surface area contributed by atoms with Gasteiger partial charge in [-0.1, -0.05) is 24.3 Å². The van der Waals surface area contributed by atoms with Gasteiger partial charge in [-0.15, -0.1) is 11.8 Å². The van der Waals surface area contributed by atoms with Crippen LogP contribution in [0.25, 0.3) is 0 Å². The highest BCUT2D eigenvalue weighted by Crippen LogP contribution is 2.15. The Morgan fingerprint density at radius 3 is 2.77 bits per heavy atom. The highest BCUT2D eigenvalue weighted by Gasteiger charge is 2.03. The fraction of sp³-hybridized carbons (Fsp3) is 0.176. The van der Waals surface area contributed by atoms with Gasteiger partial charge >= 0.3 is 0 Å². The van der Waals surface area contributed by atoms with Crippen LogP contribution >= 0.6 is 11.8 Å². The fourth-order valence-corrected chi connectivity index (χ4v) is 2.52. The van der Waals surface area contributed by atoms with Crippen LogP contribution in [-0.4, -0.2) is 24.8 Å². The largest absolute Gasteiger partial charge is 0.484 e. The van der Waals surface area contributed by atoms with Crippen LogP contribution in [-0.2, 0) is 4.79 Å². The lowest BCUT2D eigenvalue weighted by molar-refractivity contribution is -0.122. The van der Waals surface area contributed by atoms with Gasteiger partial charge in [0.15, 0.2) is 6.61 Å². The van der Waals surface area contributed by atoms with E-state index in [2.05, 4.69) is 5.32 Å². The Hall–Kier alpha value is -2.45. The number of rotatable bonds is 7. The van der Waals surface area contributed by atoms with Crippen LogP contribution in [0.15, 0.2) is 59.5 Å². The Kier molecular flexibility index (Phi) is 6.34. The van der Waals surface area contributed by atoms with Gasteiger partial charge in [0.05, 0.1) is 11.6 Å². The molecule has 4 nitrogen and oxygen atoms in total. The van der Waals surface area contributed by atoms with Gasteiger partial charge in [-0.3, -0.25) is 4.79 Å². The first kappa shape index (κ1) is 15.9. The molecule has 2 aromatic carbocycles. The number of nitriles is 1. The van der Waals surface area contributed by atoms with Crippen molar-refractivity contribution in [2.45, 2.75) is 4.90 Å². The second-order valence-electron chi connectivity index (χ2n) is 4.44. The predicted octanol–water partition coefficient (Wildman–Crippen LogP) is 2.85. The van der Waals surface area contributed by atoms with Crippen molar-refractivity contribution in [1.82, 2.24) is 5.32 Å². The third kappa shape index (κ3) is 5.51. The summed E-state index contributed by atoms with van der Waals surface area (Å²) >= 11 is 1.69. The molecule has 0 fully saturated rings. The SMILES string of the molecule is N#Cc1cccc(OCC(=O)NCCSc2ccccc2)c1. The molecule has 1 amide bonds. The average molecular weight is 312 g/mol. The summed E-state index contributed by atoms with van der Waals surface area (Å²) in [6.45, 7) is 0.533. The number of carbonyl (C=O) groups is 1. The van der Waals surface area contributed by atoms with Crippen molar-refractivity contribution in [1.29, 1.82) is 5.26 Å². The highest BCUT2D eigenvalue weighted by molar-refractivity contribution is 7.99. The molecular weight excluding hydrogens is 296 g/mol. The van der Waals surface area contributed by atoms with Crippen LogP contribution in [0.2, 0.25) is 0 Å². The summed E-state index contributed by atoms with van der Waals surface area (Å²) in [6, 6.07) is 18.8. The molecule has 0 aromatic heterocycles. The second-order valence-corrected chi connectivity index (χ2v) is 5.61. The number of nitrogens with zero attached hydrogens (tertiary/aromatic N) is 1. The lowest BCUT2D eigenvalue weighted by Gasteiger charge is -2.07. The summed E-state index contributed by atoms with van der Waals surface area (Å²) < 4.78 is 5.36. The van der Waals surface area contributed by atoms with Crippen LogP contribution in [0.5, 0.6) is 5.75 Å². The number of thioether (sulfide) groups is 1. The number of hydrogen-bond donors (Lipinski definition) is 1. The van der Waals surface area contributed by atoms with Crippen molar-refractivity contribution in [2.24, 2.45) is 0 Å². The lowest BCUT2D eigenvalue weighted by Crippen LogP contribution is -2.30. The van der Waals surface area contributed by atoms with E-state index in [-0.39, 0.29) is 12.5 Å². The van der Waals surface area contributed by atoms with Gasteiger partial charge in [-0.05, 0) is 30.3 Å². The molecule has 0 aliphatic rings. The Morgan fingerprint density at radius 2 is 2.00 bits per heavy atom. The molecule has 0 aliphatic heterocycles. The van der Waals surface area contributed by atoms with Crippen molar-refractivity contribution >= 4 is 17.7 Å². The summed E-state index contributed by atoms with van der Waals surface area (Å²) in [7, 11) is 0. The van der Waals surface area contributed by atoms with Crippen LogP contribution in [0, 0.1) is 11.3 Å². The van der Waals surface area contributed by atoms with Gasteiger partial charge in [-0.25, -0.2) is 0 Å². The van der Waals surface area contributed by atoms with E-state index >= 15 is 0 Å². The first-order chi connectivity index (χ1) is 10.8. The number of hydrogen-bond acceptors (Lipinski definition) is 4. The normalized spacial score (nSPS) is 9.77. The summed E-state index contributed by atoms with van der Waals surface area (Å²) in [5.41, 5.74) is 0.511. The summed E-state index contributed by atoms with van der Waals surface area (Å²) in [4.78, 5) is 12.9. The monoisotopic (exact) mass is 312 g/mol. The highest BCUT2D eigenvalue weighted by atomic mass is 32.2. The smallest absolute Gasteiger partial charge is 0.257 e. The summed E-state index contributed by atoms with van der Waals surface area (Å²) in [5.74, 6) is 1.16. The van der Waals surface area contributed by atoms with E-state index in [9.17, 15) is 4.79 Å². The van der Waals surface area contributed by atoms with Crippen molar-refractivity contribution in [3.05, 3.63) is 60.2 Å². The number of ether oxygens (including phenoxy) is 1. The van der Waals surface area contributed by atoms with E-state index in [1.54, 1.807) is 36.0 Å². The molecule has 0 radical (unpaired) electrons. The van der Waals surface area contributed by atoms with E-state index < -0.39 is 0 Å². The Balaban J connectivity index is 1.64. The van der Waals surface area contributed by atoms with Gasteiger partial charge in [0.25, 0.3) is 5.91 Å². The zero-order chi connectivity index (χ0) is 15.6. The fourth-order valence-electron chi connectivity index (χ4n) is 1.73. The zero-order valence-corrected chi connectivity index (χ0v) is 12.8. The molecule has 2 rings (SSSR count). The van der Waals surface area contributed by atoms with Gasteiger partial charge in [0.1, 0.15) is 5.75 Å². The van der Waals surface area contributed by atoms with E-state index in [0.29, 0.717) is 17.9 Å². The number of amides is 1. The predicted molar refractivity (Wildman–Crippen MR) is 86.8 cm³/mol. The summed E-state index contributed by atoms with van der Waals surface area (Å²) in [5, 5.41) is 11.6. The summed E-state index contributed by atoms with van der Waals surface area (Å²) in [6.07, 6.45) is 0. The van der Waals surface area contributed by atoms with Gasteiger partial charge in [0, 0.05) is 17.2 Å². The minimum Gasteiger partial charge on any atom is -0.484 e. The molecule has 0 saturated heterocycles. The van der Waals surface area contributed by atoms with Crippen molar-refractivity contribution in [3.63, 3.8) is 0 Å². The first-order valence-electron chi connectivity index (χ1n) is 6.85. The third-order valence-electron chi connectivity index (χ3n) is 2.77. The molecular formula is C17H16N2O2S. The second kappa shape index (κ2) is 8.75. The van der Waals surface area contributed by atoms with Gasteiger partial charge in [-0.2, -0.15) is 5.26 Å². The molecule has 22 heavy (non-hydrogen) atoms. The molecule has 0 saturated carbocycles. The molecule has 112 valence electrons. The van der Waals surface area contributed by atoms with Crippen LogP contribution in [0.1, 0.15) is 5.56 Å². The van der Waals surface area contributed by atoms with E-state index in [4.69, 9.17) is 10.00 Å². The maximum Gasteiger partial charge on any atom is 0.257 e. The van der Waals surface area contributed by atoms with Gasteiger partial charge < -0.3 is 10.1 Å². The third-order valence-corrected chi connectivity index (χ3v) is 3.78. The molecule has 0 bridgehead atoms. The minimum atomic E-state index is -0.170. The molecule has 0 aliphatic carbocycles. The maximum absolute atomic E-state index is 11.7. The van der Waals surface area contributed by atoms with Crippen molar-refractivity contribution < 1.29 is 9.53 Å². The first-order valence-corrected chi connectivity index (χ1v) is 7.84. The van der Waals surface area contributed by atoms with Gasteiger partial charge in [0.2, 0.25) is 0 Å². The van der Waals surface area contributed by atoms with Crippen LogP contribution in [0.3, 0.4) is 0 Å².